The lowest BCUT2D eigenvalue weighted by molar-refractivity contribution is -0.126. The van der Waals surface area contributed by atoms with E-state index in [-0.39, 0.29) is 35.1 Å². The first-order valence-electron chi connectivity index (χ1n) is 11.3. The molecule has 2 amide bonds. The van der Waals surface area contributed by atoms with Gasteiger partial charge in [0, 0.05) is 43.7 Å². The van der Waals surface area contributed by atoms with Gasteiger partial charge in [-0.2, -0.15) is 4.31 Å². The van der Waals surface area contributed by atoms with Crippen LogP contribution in [0, 0.1) is 5.92 Å². The molecule has 3 rings (SSSR count). The Morgan fingerprint density at radius 3 is 2.24 bits per heavy atom. The molecular weight excluding hydrogens is 438 g/mol. The first-order chi connectivity index (χ1) is 15.6. The quantitative estimate of drug-likeness (QED) is 0.609. The van der Waals surface area contributed by atoms with Gasteiger partial charge < -0.3 is 10.2 Å². The SMILES string of the molecule is CCN(CC)S(=O)(=O)c1ccc(N2CC(C(=O)NCC(C)(C)c3ccccc3)CC2=O)cc1. The van der Waals surface area contributed by atoms with Crippen LogP contribution in [0.3, 0.4) is 0 Å². The molecule has 0 radical (unpaired) electrons. The van der Waals surface area contributed by atoms with Crippen LogP contribution in [0.15, 0.2) is 59.5 Å². The largest absolute Gasteiger partial charge is 0.355 e. The molecule has 1 N–H and O–H groups in total. The van der Waals surface area contributed by atoms with Crippen LogP contribution in [-0.2, 0) is 25.0 Å². The van der Waals surface area contributed by atoms with Crippen molar-refractivity contribution in [1.29, 1.82) is 0 Å². The van der Waals surface area contributed by atoms with Gasteiger partial charge in [-0.3, -0.25) is 9.59 Å². The number of nitrogens with zero attached hydrogens (tertiary/aromatic N) is 2. The molecule has 7 nitrogen and oxygen atoms in total. The van der Waals surface area contributed by atoms with E-state index in [1.54, 1.807) is 30.9 Å². The van der Waals surface area contributed by atoms with Gasteiger partial charge in [-0.25, -0.2) is 8.42 Å². The Hall–Kier alpha value is -2.71. The van der Waals surface area contributed by atoms with Crippen molar-refractivity contribution < 1.29 is 18.0 Å². The second-order valence-electron chi connectivity index (χ2n) is 8.96. The molecule has 0 bridgehead atoms. The number of hydrogen-bond donors (Lipinski definition) is 1. The van der Waals surface area contributed by atoms with Crippen LogP contribution in [0.5, 0.6) is 0 Å². The van der Waals surface area contributed by atoms with Gasteiger partial charge in [0.15, 0.2) is 0 Å². The Balaban J connectivity index is 1.64. The molecule has 1 atom stereocenters. The fourth-order valence-electron chi connectivity index (χ4n) is 4.09. The van der Waals surface area contributed by atoms with Crippen molar-refractivity contribution >= 4 is 27.5 Å². The number of carbonyl (C=O) groups excluding carboxylic acids is 2. The average molecular weight is 472 g/mol. The summed E-state index contributed by atoms with van der Waals surface area (Å²) in [7, 11) is -3.56. The normalized spacial score (nSPS) is 16.9. The third-order valence-electron chi connectivity index (χ3n) is 6.25. The van der Waals surface area contributed by atoms with Crippen molar-refractivity contribution in [1.82, 2.24) is 9.62 Å². The highest BCUT2D eigenvalue weighted by Crippen LogP contribution is 2.28. The molecule has 0 aliphatic carbocycles. The topological polar surface area (TPSA) is 86.8 Å². The molecule has 1 aliphatic heterocycles. The van der Waals surface area contributed by atoms with Crippen LogP contribution >= 0.6 is 0 Å². The molecule has 8 heteroatoms. The summed E-state index contributed by atoms with van der Waals surface area (Å²) in [6, 6.07) is 16.3. The minimum absolute atomic E-state index is 0.136. The summed E-state index contributed by atoms with van der Waals surface area (Å²) < 4.78 is 26.8. The summed E-state index contributed by atoms with van der Waals surface area (Å²) in [5.74, 6) is -0.726. The third kappa shape index (κ3) is 5.45. The second kappa shape index (κ2) is 10.1. The molecule has 0 spiro atoms. The van der Waals surface area contributed by atoms with Crippen LogP contribution in [0.25, 0.3) is 0 Å². The number of benzene rings is 2. The van der Waals surface area contributed by atoms with Crippen molar-refractivity contribution in [3.63, 3.8) is 0 Å². The van der Waals surface area contributed by atoms with E-state index < -0.39 is 15.9 Å². The van der Waals surface area contributed by atoms with Crippen LogP contribution in [0.1, 0.15) is 39.7 Å². The molecule has 1 saturated heterocycles. The second-order valence-corrected chi connectivity index (χ2v) is 10.9. The summed E-state index contributed by atoms with van der Waals surface area (Å²) in [5, 5.41) is 3.01. The molecule has 1 unspecified atom stereocenters. The van der Waals surface area contributed by atoms with E-state index in [4.69, 9.17) is 0 Å². The van der Waals surface area contributed by atoms with E-state index in [1.165, 1.54) is 16.4 Å². The molecule has 2 aromatic rings. The first-order valence-corrected chi connectivity index (χ1v) is 12.8. The maximum atomic E-state index is 12.8. The van der Waals surface area contributed by atoms with E-state index in [0.29, 0.717) is 25.3 Å². The number of carbonyl (C=O) groups is 2. The Labute approximate surface area is 196 Å². The summed E-state index contributed by atoms with van der Waals surface area (Å²) in [5.41, 5.74) is 1.50. The average Bonchev–Trinajstić information content (AvgIpc) is 3.20. The lowest BCUT2D eigenvalue weighted by Crippen LogP contribution is -2.40. The van der Waals surface area contributed by atoms with Gasteiger partial charge in [0.1, 0.15) is 0 Å². The smallest absolute Gasteiger partial charge is 0.243 e. The number of anilines is 1. The molecule has 0 aromatic heterocycles. The minimum atomic E-state index is -3.56. The predicted octanol–water partition coefficient (Wildman–Crippen LogP) is 3.16. The van der Waals surface area contributed by atoms with Crippen molar-refractivity contribution in [2.45, 2.75) is 44.4 Å². The predicted molar refractivity (Wildman–Crippen MR) is 129 cm³/mol. The van der Waals surface area contributed by atoms with Gasteiger partial charge in [-0.05, 0) is 29.8 Å². The van der Waals surface area contributed by atoms with Crippen molar-refractivity contribution in [2.75, 3.05) is 31.1 Å². The number of nitrogens with one attached hydrogen (secondary N) is 1. The zero-order valence-corrected chi connectivity index (χ0v) is 20.6. The van der Waals surface area contributed by atoms with E-state index >= 15 is 0 Å². The Morgan fingerprint density at radius 2 is 1.67 bits per heavy atom. The van der Waals surface area contributed by atoms with Gasteiger partial charge in [-0.1, -0.05) is 58.0 Å². The zero-order chi connectivity index (χ0) is 24.2. The fourth-order valence-corrected chi connectivity index (χ4v) is 5.55. The maximum Gasteiger partial charge on any atom is 0.243 e. The molecule has 1 aliphatic rings. The summed E-state index contributed by atoms with van der Waals surface area (Å²) in [4.78, 5) is 27.2. The Kier molecular flexibility index (Phi) is 7.59. The Morgan fingerprint density at radius 1 is 1.06 bits per heavy atom. The molecule has 1 heterocycles. The van der Waals surface area contributed by atoms with Gasteiger partial charge in [0.05, 0.1) is 10.8 Å². The third-order valence-corrected chi connectivity index (χ3v) is 8.31. The van der Waals surface area contributed by atoms with E-state index in [2.05, 4.69) is 19.2 Å². The monoisotopic (exact) mass is 471 g/mol. The maximum absolute atomic E-state index is 12.8. The van der Waals surface area contributed by atoms with Crippen molar-refractivity contribution in [2.24, 2.45) is 5.92 Å². The highest BCUT2D eigenvalue weighted by Gasteiger charge is 2.36. The molecule has 2 aromatic carbocycles. The lowest BCUT2D eigenvalue weighted by atomic mass is 9.84. The lowest BCUT2D eigenvalue weighted by Gasteiger charge is -2.26. The van der Waals surface area contributed by atoms with Crippen LogP contribution in [0.4, 0.5) is 5.69 Å². The van der Waals surface area contributed by atoms with Gasteiger partial charge in [0.2, 0.25) is 21.8 Å². The Bertz CT molecular complexity index is 1080. The van der Waals surface area contributed by atoms with Gasteiger partial charge in [0.25, 0.3) is 0 Å². The number of sulfonamides is 1. The highest BCUT2D eigenvalue weighted by molar-refractivity contribution is 7.89. The minimum Gasteiger partial charge on any atom is -0.355 e. The van der Waals surface area contributed by atoms with E-state index in [0.717, 1.165) is 5.56 Å². The summed E-state index contributed by atoms with van der Waals surface area (Å²) in [6.07, 6.45) is 0.136. The molecule has 0 saturated carbocycles. The highest BCUT2D eigenvalue weighted by atomic mass is 32.2. The standard InChI is InChI=1S/C25H33N3O4S/c1-5-27(6-2)33(31,32)22-14-12-21(13-15-22)28-17-19(16-23(28)29)24(30)26-18-25(3,4)20-10-8-7-9-11-20/h7-15,19H,5-6,16-18H2,1-4H3,(H,26,30). The number of rotatable bonds is 9. The summed E-state index contributed by atoms with van der Waals surface area (Å²) in [6.45, 7) is 9.27. The summed E-state index contributed by atoms with van der Waals surface area (Å²) >= 11 is 0. The molecule has 1 fully saturated rings. The number of hydrogen-bond acceptors (Lipinski definition) is 4. The molecule has 33 heavy (non-hydrogen) atoms. The first kappa shape index (κ1) is 24.9. The fraction of sp³-hybridized carbons (Fsp3) is 0.440. The molecular formula is C25H33N3O4S. The van der Waals surface area contributed by atoms with Gasteiger partial charge >= 0.3 is 0 Å². The van der Waals surface area contributed by atoms with Crippen LogP contribution in [0.2, 0.25) is 0 Å². The van der Waals surface area contributed by atoms with Crippen LogP contribution < -0.4 is 10.2 Å². The van der Waals surface area contributed by atoms with E-state index in [1.807, 2.05) is 30.3 Å². The molecule has 178 valence electrons. The van der Waals surface area contributed by atoms with Crippen molar-refractivity contribution in [3.8, 4) is 0 Å². The van der Waals surface area contributed by atoms with Gasteiger partial charge in [-0.15, -0.1) is 0 Å². The number of amides is 2. The van der Waals surface area contributed by atoms with Crippen LogP contribution in [-0.4, -0.2) is 50.7 Å². The van der Waals surface area contributed by atoms with Crippen molar-refractivity contribution in [3.05, 3.63) is 60.2 Å². The zero-order valence-electron chi connectivity index (χ0n) is 19.7. The van der Waals surface area contributed by atoms with E-state index in [9.17, 15) is 18.0 Å².